The first-order valence-corrected chi connectivity index (χ1v) is 12.8. The molecule has 0 bridgehead atoms. The standard InChI is InChI=1S/C27H39N3O4/c1-32-24-10-5-7-22(19-24)20-30(23-8-3-2-4-9-23)21-25-11-12-26(34-25)27(31)28-13-6-14-29-15-17-33-18-16-29/h5,7,10-12,19,23H,2-4,6,8-9,13-18,20-21H2,1H3,(H,28,31). The molecule has 7 heteroatoms. The van der Waals surface area contributed by atoms with Crippen LogP contribution in [0.2, 0.25) is 0 Å². The van der Waals surface area contributed by atoms with Gasteiger partial charge in [-0.2, -0.15) is 0 Å². The molecular formula is C27H39N3O4. The number of nitrogens with one attached hydrogen (secondary N) is 1. The number of morpholine rings is 1. The SMILES string of the molecule is COc1cccc(CN(Cc2ccc(C(=O)NCCCN3CCOCC3)o2)C2CCCCC2)c1. The van der Waals surface area contributed by atoms with E-state index in [1.165, 1.54) is 37.7 Å². The van der Waals surface area contributed by atoms with Crippen LogP contribution in [0.3, 0.4) is 0 Å². The van der Waals surface area contributed by atoms with Crippen molar-refractivity contribution in [2.24, 2.45) is 0 Å². The molecule has 1 aliphatic heterocycles. The van der Waals surface area contributed by atoms with Crippen LogP contribution in [0.5, 0.6) is 5.75 Å². The molecule has 7 nitrogen and oxygen atoms in total. The monoisotopic (exact) mass is 469 g/mol. The molecule has 0 unspecified atom stereocenters. The average molecular weight is 470 g/mol. The van der Waals surface area contributed by atoms with Gasteiger partial charge in [0, 0.05) is 32.2 Å². The van der Waals surface area contributed by atoms with Gasteiger partial charge in [-0.15, -0.1) is 0 Å². The zero-order chi connectivity index (χ0) is 23.6. The third-order valence-electron chi connectivity index (χ3n) is 6.90. The van der Waals surface area contributed by atoms with Crippen LogP contribution in [0.4, 0.5) is 0 Å². The van der Waals surface area contributed by atoms with E-state index in [0.29, 0.717) is 24.9 Å². The summed E-state index contributed by atoms with van der Waals surface area (Å²) in [5.74, 6) is 1.98. The van der Waals surface area contributed by atoms with Crippen LogP contribution >= 0.6 is 0 Å². The molecule has 1 saturated heterocycles. The van der Waals surface area contributed by atoms with Crippen molar-refractivity contribution in [3.63, 3.8) is 0 Å². The lowest BCUT2D eigenvalue weighted by Gasteiger charge is -2.34. The quantitative estimate of drug-likeness (QED) is 0.501. The lowest BCUT2D eigenvalue weighted by Crippen LogP contribution is -2.38. The summed E-state index contributed by atoms with van der Waals surface area (Å²) in [5.41, 5.74) is 1.23. The van der Waals surface area contributed by atoms with Crippen LogP contribution in [0.25, 0.3) is 0 Å². The van der Waals surface area contributed by atoms with Crippen LogP contribution in [-0.2, 0) is 17.8 Å². The van der Waals surface area contributed by atoms with Crippen molar-refractivity contribution in [3.05, 3.63) is 53.5 Å². The number of benzene rings is 1. The fourth-order valence-corrected chi connectivity index (χ4v) is 4.97. The van der Waals surface area contributed by atoms with Crippen LogP contribution in [-0.4, -0.2) is 68.3 Å². The van der Waals surface area contributed by atoms with E-state index in [0.717, 1.165) is 57.3 Å². The predicted octanol–water partition coefficient (Wildman–Crippen LogP) is 4.08. The Morgan fingerprint density at radius 3 is 2.74 bits per heavy atom. The summed E-state index contributed by atoms with van der Waals surface area (Å²) in [6, 6.07) is 12.6. The first kappa shape index (κ1) is 24.8. The van der Waals surface area contributed by atoms with Gasteiger partial charge in [-0.05, 0) is 55.6 Å². The molecule has 0 atom stereocenters. The summed E-state index contributed by atoms with van der Waals surface area (Å²) in [5, 5.41) is 3.00. The fourth-order valence-electron chi connectivity index (χ4n) is 4.97. The normalized spacial score (nSPS) is 17.7. The largest absolute Gasteiger partial charge is 0.497 e. The zero-order valence-electron chi connectivity index (χ0n) is 20.5. The Kier molecular flexibility index (Phi) is 9.42. The van der Waals surface area contributed by atoms with E-state index in [1.54, 1.807) is 13.2 Å². The van der Waals surface area contributed by atoms with Gasteiger partial charge < -0.3 is 19.2 Å². The molecule has 1 N–H and O–H groups in total. The Balaban J connectivity index is 1.31. The smallest absolute Gasteiger partial charge is 0.286 e. The van der Waals surface area contributed by atoms with E-state index < -0.39 is 0 Å². The molecule has 0 radical (unpaired) electrons. The molecule has 186 valence electrons. The van der Waals surface area contributed by atoms with Crippen molar-refractivity contribution in [2.75, 3.05) is 46.5 Å². The highest BCUT2D eigenvalue weighted by atomic mass is 16.5. The van der Waals surface area contributed by atoms with Gasteiger partial charge in [0.15, 0.2) is 5.76 Å². The number of methoxy groups -OCH3 is 1. The molecule has 1 aromatic heterocycles. The number of nitrogens with zero attached hydrogens (tertiary/aromatic N) is 2. The number of ether oxygens (including phenoxy) is 2. The maximum atomic E-state index is 12.6. The molecule has 1 amide bonds. The summed E-state index contributed by atoms with van der Waals surface area (Å²) >= 11 is 0. The highest BCUT2D eigenvalue weighted by Crippen LogP contribution is 2.27. The number of hydrogen-bond donors (Lipinski definition) is 1. The van der Waals surface area contributed by atoms with Crippen molar-refractivity contribution in [3.8, 4) is 5.75 Å². The van der Waals surface area contributed by atoms with Gasteiger partial charge in [0.05, 0.1) is 26.9 Å². The van der Waals surface area contributed by atoms with E-state index in [4.69, 9.17) is 13.9 Å². The second kappa shape index (κ2) is 12.9. The number of carbonyl (C=O) groups is 1. The van der Waals surface area contributed by atoms with E-state index in [-0.39, 0.29) is 5.91 Å². The Bertz CT molecular complexity index is 888. The minimum absolute atomic E-state index is 0.134. The topological polar surface area (TPSA) is 67.2 Å². The molecule has 4 rings (SSSR count). The predicted molar refractivity (Wildman–Crippen MR) is 132 cm³/mol. The number of carbonyl (C=O) groups excluding carboxylic acids is 1. The minimum Gasteiger partial charge on any atom is -0.497 e. The van der Waals surface area contributed by atoms with Crippen molar-refractivity contribution >= 4 is 5.91 Å². The van der Waals surface area contributed by atoms with E-state index in [1.807, 2.05) is 18.2 Å². The Hall–Kier alpha value is -2.35. The molecule has 0 spiro atoms. The minimum atomic E-state index is -0.134. The Labute approximate surface area is 203 Å². The van der Waals surface area contributed by atoms with E-state index >= 15 is 0 Å². The summed E-state index contributed by atoms with van der Waals surface area (Å²) in [6.45, 7) is 6.72. The van der Waals surface area contributed by atoms with Crippen LogP contribution in [0.15, 0.2) is 40.8 Å². The van der Waals surface area contributed by atoms with Gasteiger partial charge in [0.1, 0.15) is 11.5 Å². The van der Waals surface area contributed by atoms with Gasteiger partial charge in [0.2, 0.25) is 0 Å². The summed E-state index contributed by atoms with van der Waals surface area (Å²) in [7, 11) is 1.70. The maximum absolute atomic E-state index is 12.6. The van der Waals surface area contributed by atoms with Gasteiger partial charge in [-0.25, -0.2) is 0 Å². The highest BCUT2D eigenvalue weighted by molar-refractivity contribution is 5.91. The summed E-state index contributed by atoms with van der Waals surface area (Å²) < 4.78 is 16.8. The molecular weight excluding hydrogens is 430 g/mol. The van der Waals surface area contributed by atoms with Crippen molar-refractivity contribution in [1.82, 2.24) is 15.1 Å². The van der Waals surface area contributed by atoms with Crippen molar-refractivity contribution in [2.45, 2.75) is 57.7 Å². The zero-order valence-corrected chi connectivity index (χ0v) is 20.5. The summed E-state index contributed by atoms with van der Waals surface area (Å²) in [6.07, 6.45) is 7.21. The molecule has 1 aliphatic carbocycles. The van der Waals surface area contributed by atoms with Crippen molar-refractivity contribution < 1.29 is 18.7 Å². The third kappa shape index (κ3) is 7.32. The van der Waals surface area contributed by atoms with Crippen LogP contribution < -0.4 is 10.1 Å². The van der Waals surface area contributed by atoms with Gasteiger partial charge in [0.25, 0.3) is 5.91 Å². The third-order valence-corrected chi connectivity index (χ3v) is 6.90. The van der Waals surface area contributed by atoms with Gasteiger partial charge in [-0.3, -0.25) is 14.6 Å². The number of furan rings is 1. The Morgan fingerprint density at radius 1 is 1.12 bits per heavy atom. The second-order valence-corrected chi connectivity index (χ2v) is 9.38. The van der Waals surface area contributed by atoms with Crippen LogP contribution in [0, 0.1) is 0 Å². The first-order valence-electron chi connectivity index (χ1n) is 12.8. The average Bonchev–Trinajstić information content (AvgIpc) is 3.36. The Morgan fingerprint density at radius 2 is 1.94 bits per heavy atom. The van der Waals surface area contributed by atoms with Gasteiger partial charge in [-0.1, -0.05) is 31.4 Å². The summed E-state index contributed by atoms with van der Waals surface area (Å²) in [4.78, 5) is 17.5. The van der Waals surface area contributed by atoms with Crippen molar-refractivity contribution in [1.29, 1.82) is 0 Å². The van der Waals surface area contributed by atoms with Crippen LogP contribution in [0.1, 0.15) is 60.4 Å². The lowest BCUT2D eigenvalue weighted by atomic mass is 9.93. The molecule has 2 aliphatic rings. The number of amides is 1. The lowest BCUT2D eigenvalue weighted by molar-refractivity contribution is 0.0374. The second-order valence-electron chi connectivity index (χ2n) is 9.38. The first-order chi connectivity index (χ1) is 16.7. The molecule has 1 saturated carbocycles. The molecule has 2 heterocycles. The molecule has 2 fully saturated rings. The number of rotatable bonds is 11. The van der Waals surface area contributed by atoms with Gasteiger partial charge >= 0.3 is 0 Å². The highest BCUT2D eigenvalue weighted by Gasteiger charge is 2.23. The number of hydrogen-bond acceptors (Lipinski definition) is 6. The molecule has 2 aromatic rings. The maximum Gasteiger partial charge on any atom is 0.286 e. The fraction of sp³-hybridized carbons (Fsp3) is 0.593. The van der Waals surface area contributed by atoms with E-state index in [9.17, 15) is 4.79 Å². The molecule has 34 heavy (non-hydrogen) atoms. The molecule has 1 aromatic carbocycles. The van der Waals surface area contributed by atoms with E-state index in [2.05, 4.69) is 27.2 Å².